The van der Waals surface area contributed by atoms with Gasteiger partial charge in [-0.3, -0.25) is 4.79 Å². The zero-order valence-corrected chi connectivity index (χ0v) is 16.9. The molecule has 4 aromatic rings. The van der Waals surface area contributed by atoms with E-state index in [0.29, 0.717) is 6.61 Å². The highest BCUT2D eigenvalue weighted by atomic mass is 16.5. The van der Waals surface area contributed by atoms with E-state index in [1.54, 1.807) is 0 Å². The van der Waals surface area contributed by atoms with Crippen LogP contribution in [0.2, 0.25) is 0 Å². The van der Waals surface area contributed by atoms with Gasteiger partial charge in [-0.1, -0.05) is 72.8 Å². The van der Waals surface area contributed by atoms with E-state index in [0.717, 1.165) is 39.8 Å². The summed E-state index contributed by atoms with van der Waals surface area (Å²) >= 11 is 0. The van der Waals surface area contributed by atoms with Gasteiger partial charge in [0.05, 0.1) is 13.0 Å². The number of fused-ring (bicyclic) bond motifs is 1. The number of ether oxygens (including phenoxy) is 1. The summed E-state index contributed by atoms with van der Waals surface area (Å²) in [5, 5.41) is 1.14. The minimum absolute atomic E-state index is 0.183. The predicted octanol–water partition coefficient (Wildman–Crippen LogP) is 5.77. The molecule has 0 aliphatic rings. The lowest BCUT2D eigenvalue weighted by molar-refractivity contribution is -0.142. The van der Waals surface area contributed by atoms with Crippen LogP contribution < -0.4 is 0 Å². The van der Waals surface area contributed by atoms with E-state index in [9.17, 15) is 4.79 Å². The van der Waals surface area contributed by atoms with E-state index in [4.69, 9.17) is 4.74 Å². The van der Waals surface area contributed by atoms with Crippen molar-refractivity contribution in [3.63, 3.8) is 0 Å². The third-order valence-electron chi connectivity index (χ3n) is 5.37. The molecular formula is C26H25NO2. The van der Waals surface area contributed by atoms with Crippen LogP contribution in [0.25, 0.3) is 22.0 Å². The molecule has 0 N–H and O–H groups in total. The van der Waals surface area contributed by atoms with E-state index >= 15 is 0 Å². The first kappa shape index (κ1) is 19.0. The molecule has 0 saturated carbocycles. The van der Waals surface area contributed by atoms with Gasteiger partial charge < -0.3 is 9.30 Å². The third-order valence-corrected chi connectivity index (χ3v) is 5.37. The van der Waals surface area contributed by atoms with E-state index in [-0.39, 0.29) is 12.4 Å². The number of rotatable bonds is 6. The summed E-state index contributed by atoms with van der Waals surface area (Å²) in [4.78, 5) is 12.4. The first-order valence-corrected chi connectivity index (χ1v) is 10.0. The summed E-state index contributed by atoms with van der Waals surface area (Å²) in [6.07, 6.45) is 0.280. The maximum atomic E-state index is 12.4. The van der Waals surface area contributed by atoms with Crippen molar-refractivity contribution < 1.29 is 9.53 Å². The van der Waals surface area contributed by atoms with E-state index < -0.39 is 0 Å². The standard InChI is InChI=1S/C26H25NO2/c1-3-29-25(28)17-23-19(2)27(18-20-11-6-4-7-12-20)24-16-10-15-22(26(23)24)21-13-8-5-9-14-21/h4-16H,3,17-18H2,1-2H3. The van der Waals surface area contributed by atoms with Crippen LogP contribution in [0.3, 0.4) is 0 Å². The molecule has 0 spiro atoms. The normalized spacial score (nSPS) is 11.0. The molecular weight excluding hydrogens is 358 g/mol. The number of hydrogen-bond donors (Lipinski definition) is 0. The Morgan fingerprint density at radius 2 is 1.59 bits per heavy atom. The molecule has 0 fully saturated rings. The molecule has 0 aliphatic heterocycles. The molecule has 3 nitrogen and oxygen atoms in total. The number of carbonyl (C=O) groups is 1. The fourth-order valence-corrected chi connectivity index (χ4v) is 4.01. The van der Waals surface area contributed by atoms with Crippen molar-refractivity contribution in [1.82, 2.24) is 4.57 Å². The van der Waals surface area contributed by atoms with Crippen LogP contribution >= 0.6 is 0 Å². The van der Waals surface area contributed by atoms with Crippen LogP contribution in [0.15, 0.2) is 78.9 Å². The molecule has 3 heteroatoms. The van der Waals surface area contributed by atoms with E-state index in [1.165, 1.54) is 5.56 Å². The molecule has 0 atom stereocenters. The highest BCUT2D eigenvalue weighted by molar-refractivity contribution is 6.00. The number of esters is 1. The summed E-state index contributed by atoms with van der Waals surface area (Å²) in [6.45, 7) is 5.11. The van der Waals surface area contributed by atoms with Gasteiger partial charge >= 0.3 is 5.97 Å². The highest BCUT2D eigenvalue weighted by Crippen LogP contribution is 2.35. The lowest BCUT2D eigenvalue weighted by Crippen LogP contribution is -2.09. The fraction of sp³-hybridized carbons (Fsp3) is 0.192. The van der Waals surface area contributed by atoms with Gasteiger partial charge in [-0.25, -0.2) is 0 Å². The number of carbonyl (C=O) groups excluding carboxylic acids is 1. The number of nitrogens with zero attached hydrogens (tertiary/aromatic N) is 1. The third kappa shape index (κ3) is 3.81. The van der Waals surface area contributed by atoms with Crippen LogP contribution in [-0.2, 0) is 22.5 Å². The van der Waals surface area contributed by atoms with E-state index in [2.05, 4.69) is 66.1 Å². The zero-order valence-electron chi connectivity index (χ0n) is 16.9. The molecule has 29 heavy (non-hydrogen) atoms. The first-order valence-electron chi connectivity index (χ1n) is 10.0. The van der Waals surface area contributed by atoms with Gasteiger partial charge in [-0.2, -0.15) is 0 Å². The molecule has 1 aromatic heterocycles. The second-order valence-corrected chi connectivity index (χ2v) is 7.18. The van der Waals surface area contributed by atoms with Gasteiger partial charge in [0, 0.05) is 23.1 Å². The minimum Gasteiger partial charge on any atom is -0.466 e. The van der Waals surface area contributed by atoms with Crippen molar-refractivity contribution in [2.45, 2.75) is 26.8 Å². The molecule has 146 valence electrons. The number of benzene rings is 3. The molecule has 4 rings (SSSR count). The number of hydrogen-bond acceptors (Lipinski definition) is 2. The second-order valence-electron chi connectivity index (χ2n) is 7.18. The van der Waals surface area contributed by atoms with Crippen molar-refractivity contribution >= 4 is 16.9 Å². The van der Waals surface area contributed by atoms with Crippen molar-refractivity contribution in [1.29, 1.82) is 0 Å². The zero-order chi connectivity index (χ0) is 20.2. The molecule has 0 unspecified atom stereocenters. The Hall–Kier alpha value is -3.33. The van der Waals surface area contributed by atoms with Gasteiger partial charge in [0.2, 0.25) is 0 Å². The predicted molar refractivity (Wildman–Crippen MR) is 118 cm³/mol. The summed E-state index contributed by atoms with van der Waals surface area (Å²) in [6, 6.07) is 27.2. The van der Waals surface area contributed by atoms with Crippen LogP contribution in [0.5, 0.6) is 0 Å². The van der Waals surface area contributed by atoms with E-state index in [1.807, 2.05) is 31.2 Å². The Morgan fingerprint density at radius 3 is 2.28 bits per heavy atom. The molecule has 0 aliphatic carbocycles. The van der Waals surface area contributed by atoms with Crippen LogP contribution in [0.1, 0.15) is 23.7 Å². The number of aromatic nitrogens is 1. The SMILES string of the molecule is CCOC(=O)Cc1c(C)n(Cc2ccccc2)c2cccc(-c3ccccc3)c12. The monoisotopic (exact) mass is 383 g/mol. The Labute approximate surface area is 171 Å². The Balaban J connectivity index is 1.92. The van der Waals surface area contributed by atoms with Crippen LogP contribution in [0, 0.1) is 6.92 Å². The Bertz CT molecular complexity index is 1130. The average Bonchev–Trinajstić information content (AvgIpc) is 3.01. The largest absolute Gasteiger partial charge is 0.466 e. The lowest BCUT2D eigenvalue weighted by Gasteiger charge is -2.09. The summed E-state index contributed by atoms with van der Waals surface area (Å²) in [5.41, 5.74) is 6.85. The summed E-state index contributed by atoms with van der Waals surface area (Å²) in [5.74, 6) is -0.183. The summed E-state index contributed by atoms with van der Waals surface area (Å²) < 4.78 is 7.59. The maximum Gasteiger partial charge on any atom is 0.310 e. The van der Waals surface area contributed by atoms with Crippen LogP contribution in [-0.4, -0.2) is 17.1 Å². The molecule has 0 radical (unpaired) electrons. The van der Waals surface area contributed by atoms with Crippen molar-refractivity contribution in [2.75, 3.05) is 6.61 Å². The quantitative estimate of drug-likeness (QED) is 0.396. The fourth-order valence-electron chi connectivity index (χ4n) is 4.01. The average molecular weight is 383 g/mol. The van der Waals surface area contributed by atoms with Gasteiger partial charge in [-0.05, 0) is 42.2 Å². The molecule has 0 saturated heterocycles. The van der Waals surface area contributed by atoms with Crippen molar-refractivity contribution in [2.24, 2.45) is 0 Å². The maximum absolute atomic E-state index is 12.4. The second kappa shape index (κ2) is 8.36. The summed E-state index contributed by atoms with van der Waals surface area (Å²) in [7, 11) is 0. The Kier molecular flexibility index (Phi) is 5.48. The lowest BCUT2D eigenvalue weighted by atomic mass is 9.97. The molecule has 0 bridgehead atoms. The van der Waals surface area contributed by atoms with Gasteiger partial charge in [0.1, 0.15) is 0 Å². The first-order chi connectivity index (χ1) is 14.2. The molecule has 3 aromatic carbocycles. The molecule has 1 heterocycles. The minimum atomic E-state index is -0.183. The van der Waals surface area contributed by atoms with Crippen molar-refractivity contribution in [3.8, 4) is 11.1 Å². The smallest absolute Gasteiger partial charge is 0.310 e. The highest BCUT2D eigenvalue weighted by Gasteiger charge is 2.20. The topological polar surface area (TPSA) is 31.2 Å². The van der Waals surface area contributed by atoms with Gasteiger partial charge in [-0.15, -0.1) is 0 Å². The Morgan fingerprint density at radius 1 is 0.897 bits per heavy atom. The van der Waals surface area contributed by atoms with Gasteiger partial charge in [0.15, 0.2) is 0 Å². The van der Waals surface area contributed by atoms with Gasteiger partial charge in [0.25, 0.3) is 0 Å². The van der Waals surface area contributed by atoms with Crippen molar-refractivity contribution in [3.05, 3.63) is 95.7 Å². The van der Waals surface area contributed by atoms with Crippen LogP contribution in [0.4, 0.5) is 0 Å². The molecule has 0 amide bonds.